The van der Waals surface area contributed by atoms with E-state index in [1.165, 1.54) is 0 Å². The number of carbonyl (C=O) groups excluding carboxylic acids is 1. The fourth-order valence-corrected chi connectivity index (χ4v) is 13.8. The normalized spacial score (nSPS) is 13.8. The number of halogens is 6. The van der Waals surface area contributed by atoms with Gasteiger partial charge in [0.05, 0.1) is 23.3 Å². The molecule has 5 aromatic rings. The lowest BCUT2D eigenvalue weighted by Crippen LogP contribution is -2.69. The van der Waals surface area contributed by atoms with Gasteiger partial charge in [0.15, 0.2) is 0 Å². The summed E-state index contributed by atoms with van der Waals surface area (Å²) in [4.78, 5) is 14.0. The fraction of sp³-hybridized carbons (Fsp3) is 0.244. The molecular weight excluding hydrogens is 712 g/mol. The van der Waals surface area contributed by atoms with E-state index in [2.05, 4.69) is 26.1 Å². The van der Waals surface area contributed by atoms with Crippen molar-refractivity contribution in [2.24, 2.45) is 0 Å². The zero-order valence-corrected chi connectivity index (χ0v) is 31.1. The molecule has 0 saturated heterocycles. The molecule has 0 saturated carbocycles. The second-order valence-electron chi connectivity index (χ2n) is 13.6. The van der Waals surface area contributed by atoms with Crippen molar-refractivity contribution < 1.29 is 35.6 Å². The van der Waals surface area contributed by atoms with Gasteiger partial charge in [0, 0.05) is 5.56 Å². The van der Waals surface area contributed by atoms with Crippen LogP contribution in [-0.4, -0.2) is 32.5 Å². The molecule has 0 aliphatic heterocycles. The number of carbonyl (C=O) groups is 1. The highest BCUT2D eigenvalue weighted by molar-refractivity contribution is 7.73. The molecule has 11 heteroatoms. The van der Waals surface area contributed by atoms with Gasteiger partial charge in [0.2, 0.25) is 0 Å². The van der Waals surface area contributed by atoms with Gasteiger partial charge in [-0.25, -0.2) is 0 Å². The van der Waals surface area contributed by atoms with Crippen LogP contribution in [0, 0.1) is 0 Å². The summed E-state index contributed by atoms with van der Waals surface area (Å²) in [7, 11) is -4.41. The molecule has 2 unspecified atom stereocenters. The number of hydrogen-bond acceptors (Lipinski definition) is 2. The maximum atomic E-state index is 14.0. The Balaban J connectivity index is 1.65. The minimum atomic E-state index is -5.11. The van der Waals surface area contributed by atoms with Crippen molar-refractivity contribution >= 4 is 43.1 Å². The maximum absolute atomic E-state index is 14.0. The number of amides is 1. The Morgan fingerprint density at radius 3 is 1.40 bits per heavy atom. The van der Waals surface area contributed by atoms with Crippen molar-refractivity contribution in [3.63, 3.8) is 0 Å². The van der Waals surface area contributed by atoms with Crippen LogP contribution in [0.5, 0.6) is 0 Å². The first-order valence-corrected chi connectivity index (χ1v) is 20.2. The third-order valence-electron chi connectivity index (χ3n) is 9.03. The van der Waals surface area contributed by atoms with E-state index in [1.54, 1.807) is 0 Å². The maximum Gasteiger partial charge on any atom is 0.416 e. The van der Waals surface area contributed by atoms with Gasteiger partial charge in [-0.05, 0) is 65.2 Å². The van der Waals surface area contributed by atoms with Gasteiger partial charge < -0.3 is 9.74 Å². The first kappa shape index (κ1) is 39.0. The summed E-state index contributed by atoms with van der Waals surface area (Å²) in [5.41, 5.74) is -3.86. The summed E-state index contributed by atoms with van der Waals surface area (Å²) in [5, 5.41) is 6.35. The van der Waals surface area contributed by atoms with Crippen LogP contribution in [0.1, 0.15) is 49.2 Å². The van der Waals surface area contributed by atoms with Crippen LogP contribution in [-0.2, 0) is 16.8 Å². The molecule has 1 amide bonds. The van der Waals surface area contributed by atoms with Crippen molar-refractivity contribution in [1.29, 1.82) is 0 Å². The minimum absolute atomic E-state index is 0.0209. The highest BCUT2D eigenvalue weighted by Gasteiger charge is 2.52. The summed E-state index contributed by atoms with van der Waals surface area (Å²) in [5.74, 6) is -1.06. The van der Waals surface area contributed by atoms with E-state index in [1.807, 2.05) is 128 Å². The van der Waals surface area contributed by atoms with Crippen LogP contribution in [0.4, 0.5) is 26.3 Å². The second-order valence-corrected chi connectivity index (χ2v) is 20.1. The van der Waals surface area contributed by atoms with Gasteiger partial charge in [-0.2, -0.15) is 26.3 Å². The van der Waals surface area contributed by atoms with Crippen molar-refractivity contribution in [2.75, 3.05) is 6.16 Å². The van der Waals surface area contributed by atoms with Gasteiger partial charge in [0.25, 0.3) is 14.2 Å². The third kappa shape index (κ3) is 8.85. The van der Waals surface area contributed by atoms with E-state index in [9.17, 15) is 31.1 Å². The van der Waals surface area contributed by atoms with Crippen molar-refractivity contribution in [1.82, 2.24) is 5.32 Å². The Morgan fingerprint density at radius 1 is 0.654 bits per heavy atom. The highest BCUT2D eigenvalue weighted by Crippen LogP contribution is 2.41. The molecule has 0 radical (unpaired) electrons. The van der Waals surface area contributed by atoms with E-state index >= 15 is 0 Å². The summed E-state index contributed by atoms with van der Waals surface area (Å²) in [6, 6.07) is 39.1. The molecule has 1 N–H and O–H groups in total. The molecule has 0 heterocycles. The number of hydrogen-bond donors (Lipinski definition) is 1. The molecule has 0 aliphatic carbocycles. The number of rotatable bonds is 11. The van der Waals surface area contributed by atoms with E-state index in [0.717, 1.165) is 21.0 Å². The van der Waals surface area contributed by atoms with Crippen LogP contribution in [0.25, 0.3) is 0 Å². The molecule has 5 aromatic carbocycles. The van der Waals surface area contributed by atoms with Gasteiger partial charge in [0.1, 0.15) is 0 Å². The second kappa shape index (κ2) is 15.8. The van der Waals surface area contributed by atoms with Crippen molar-refractivity contribution in [3.8, 4) is 0 Å². The Kier molecular flexibility index (Phi) is 11.8. The largest absolute Gasteiger partial charge is 0.416 e. The summed E-state index contributed by atoms with van der Waals surface area (Å²) >= 11 is 0. The Morgan fingerprint density at radius 2 is 1.04 bits per heavy atom. The lowest BCUT2D eigenvalue weighted by molar-refractivity contribution is -0.143. The zero-order chi connectivity index (χ0) is 37.7. The SMILES string of the molecule is CC(O[Si](c1ccccc1)(c1ccccc1)C(C)(C)C)C(CP(c1ccccc1)c1ccccc1)NC(=O)c1cc(C(F)(F)F)cc(C(F)(F)F)c1. The van der Waals surface area contributed by atoms with Crippen molar-refractivity contribution in [3.05, 3.63) is 156 Å². The van der Waals surface area contributed by atoms with Gasteiger partial charge in [-0.3, -0.25) is 4.79 Å². The monoisotopic (exact) mass is 751 g/mol. The number of benzene rings is 5. The third-order valence-corrected chi connectivity index (χ3v) is 16.8. The highest BCUT2D eigenvalue weighted by atomic mass is 31.1. The molecular formula is C41H40F6NO2PSi. The lowest BCUT2D eigenvalue weighted by atomic mass is 10.0. The van der Waals surface area contributed by atoms with Gasteiger partial charge in [-0.1, -0.05) is 142 Å². The van der Waals surface area contributed by atoms with E-state index in [0.29, 0.717) is 18.3 Å². The fourth-order valence-electron chi connectivity index (χ4n) is 6.47. The van der Waals surface area contributed by atoms with Crippen LogP contribution >= 0.6 is 7.92 Å². The quantitative estimate of drug-likeness (QED) is 0.0832. The minimum Gasteiger partial charge on any atom is -0.403 e. The van der Waals surface area contributed by atoms with E-state index in [-0.39, 0.29) is 6.07 Å². The Hall–Kier alpha value is -4.24. The first-order chi connectivity index (χ1) is 24.5. The molecule has 0 spiro atoms. The Labute approximate surface area is 302 Å². The van der Waals surface area contributed by atoms with Crippen LogP contribution < -0.4 is 26.3 Å². The van der Waals surface area contributed by atoms with Gasteiger partial charge in [-0.15, -0.1) is 0 Å². The smallest absolute Gasteiger partial charge is 0.403 e. The molecule has 5 rings (SSSR count). The summed E-state index contributed by atoms with van der Waals surface area (Å²) in [6.07, 6.45) is -10.7. The zero-order valence-electron chi connectivity index (χ0n) is 29.2. The van der Waals surface area contributed by atoms with Crippen LogP contribution in [0.3, 0.4) is 0 Å². The Bertz CT molecular complexity index is 1810. The topological polar surface area (TPSA) is 38.3 Å². The molecule has 2 atom stereocenters. The lowest BCUT2D eigenvalue weighted by Gasteiger charge is -2.46. The molecule has 0 fully saturated rings. The molecule has 3 nitrogen and oxygen atoms in total. The number of alkyl halides is 6. The standard InChI is InChI=1S/C41H40F6NO2PSi/c1-29(50-52(39(2,3)4,35-21-13-7-14-22-35)36-23-15-8-16-24-36)37(28-51(33-17-9-5-10-18-33)34-19-11-6-12-20-34)48-38(49)30-25-31(40(42,43)44)27-32(26-30)41(45,46)47/h5-27,29,37H,28H2,1-4H3,(H,48,49). The molecule has 0 aromatic heterocycles. The average molecular weight is 752 g/mol. The van der Waals surface area contributed by atoms with Crippen LogP contribution in [0.2, 0.25) is 5.04 Å². The van der Waals surface area contributed by atoms with E-state index in [4.69, 9.17) is 4.43 Å². The predicted octanol–water partition coefficient (Wildman–Crippen LogP) is 8.92. The first-order valence-electron chi connectivity index (χ1n) is 16.8. The van der Waals surface area contributed by atoms with Crippen LogP contribution in [0.15, 0.2) is 140 Å². The van der Waals surface area contributed by atoms with E-state index < -0.39 is 68.4 Å². The average Bonchev–Trinajstić information content (AvgIpc) is 3.12. The molecule has 0 bridgehead atoms. The predicted molar refractivity (Wildman–Crippen MR) is 200 cm³/mol. The van der Waals surface area contributed by atoms with Crippen molar-refractivity contribution in [2.45, 2.75) is 57.2 Å². The molecule has 52 heavy (non-hydrogen) atoms. The number of nitrogens with one attached hydrogen (secondary N) is 1. The summed E-state index contributed by atoms with van der Waals surface area (Å²) in [6.45, 7) is 8.12. The van der Waals surface area contributed by atoms with Gasteiger partial charge >= 0.3 is 12.4 Å². The summed E-state index contributed by atoms with van der Waals surface area (Å²) < 4.78 is 90.5. The molecule has 272 valence electrons. The molecule has 0 aliphatic rings.